The van der Waals surface area contributed by atoms with E-state index in [1.165, 1.54) is 23.7 Å². The van der Waals surface area contributed by atoms with Gasteiger partial charge in [0.25, 0.3) is 5.91 Å². The monoisotopic (exact) mass is 404 g/mol. The van der Waals surface area contributed by atoms with Crippen LogP contribution in [-0.2, 0) is 0 Å². The van der Waals surface area contributed by atoms with Gasteiger partial charge in [0.15, 0.2) is 0 Å². The molecule has 3 rings (SSSR count). The van der Waals surface area contributed by atoms with Crippen molar-refractivity contribution in [3.63, 3.8) is 0 Å². The lowest BCUT2D eigenvalue weighted by atomic mass is 10.0. The number of likely N-dealkylation sites (tertiary alicyclic amines) is 1. The van der Waals surface area contributed by atoms with E-state index in [0.29, 0.717) is 22.0 Å². The topological polar surface area (TPSA) is 85.2 Å². The number of aromatic nitrogens is 4. The van der Waals surface area contributed by atoms with Gasteiger partial charge in [-0.1, -0.05) is 23.3 Å². The zero-order valence-electron chi connectivity index (χ0n) is 16.4. The quantitative estimate of drug-likeness (QED) is 0.744. The first-order valence-corrected chi connectivity index (χ1v) is 9.63. The fraction of sp³-hybridized carbons (Fsp3) is 0.474. The van der Waals surface area contributed by atoms with Crippen LogP contribution in [-0.4, -0.2) is 63.8 Å². The van der Waals surface area contributed by atoms with Crippen LogP contribution in [0.3, 0.4) is 0 Å². The molecule has 1 aliphatic rings. The standard InChI is InChI=1S/C19H25ClN6O2/c1-13(2)4-7-25-8-5-14(6-9-25)22-19(27)15-10-16(20)17(11-18(15)28-3)26-12-21-23-24-26/h4,10-12,14H,5-9H2,1-3H3,(H,22,27). The van der Waals surface area contributed by atoms with E-state index in [9.17, 15) is 4.79 Å². The molecule has 1 aromatic heterocycles. The predicted octanol–water partition coefficient (Wildman–Crippen LogP) is 2.48. The van der Waals surface area contributed by atoms with Gasteiger partial charge in [-0.2, -0.15) is 4.68 Å². The van der Waals surface area contributed by atoms with Crippen molar-refractivity contribution in [3.8, 4) is 11.4 Å². The van der Waals surface area contributed by atoms with Crippen LogP contribution in [0.1, 0.15) is 37.0 Å². The summed E-state index contributed by atoms with van der Waals surface area (Å²) in [5, 5.41) is 14.5. The highest BCUT2D eigenvalue weighted by atomic mass is 35.5. The Hall–Kier alpha value is -2.45. The lowest BCUT2D eigenvalue weighted by Crippen LogP contribution is -2.44. The number of allylic oxidation sites excluding steroid dienone is 1. The van der Waals surface area contributed by atoms with Gasteiger partial charge in [-0.25, -0.2) is 0 Å². The van der Waals surface area contributed by atoms with Crippen molar-refractivity contribution in [2.75, 3.05) is 26.7 Å². The van der Waals surface area contributed by atoms with Gasteiger partial charge in [0.2, 0.25) is 0 Å². The molecule has 0 aliphatic carbocycles. The number of hydrogen-bond donors (Lipinski definition) is 1. The molecule has 0 spiro atoms. The number of tetrazole rings is 1. The smallest absolute Gasteiger partial charge is 0.255 e. The van der Waals surface area contributed by atoms with Crippen molar-refractivity contribution in [2.24, 2.45) is 0 Å². The van der Waals surface area contributed by atoms with E-state index in [1.807, 2.05) is 0 Å². The third kappa shape index (κ3) is 4.88. The summed E-state index contributed by atoms with van der Waals surface area (Å²) in [6.07, 6.45) is 5.50. The molecule has 2 aromatic rings. The second-order valence-electron chi connectivity index (χ2n) is 7.09. The number of rotatable bonds is 6. The summed E-state index contributed by atoms with van der Waals surface area (Å²) in [6, 6.07) is 3.39. The zero-order valence-corrected chi connectivity index (χ0v) is 17.1. The van der Waals surface area contributed by atoms with E-state index in [0.717, 1.165) is 32.5 Å². The van der Waals surface area contributed by atoms with Gasteiger partial charge >= 0.3 is 0 Å². The Bertz CT molecular complexity index is 840. The Morgan fingerprint density at radius 1 is 1.36 bits per heavy atom. The van der Waals surface area contributed by atoms with Gasteiger partial charge in [0.05, 0.1) is 23.4 Å². The van der Waals surface area contributed by atoms with Crippen molar-refractivity contribution < 1.29 is 9.53 Å². The number of carbonyl (C=O) groups is 1. The molecule has 1 aromatic carbocycles. The highest BCUT2D eigenvalue weighted by Gasteiger charge is 2.23. The third-order valence-electron chi connectivity index (χ3n) is 4.79. The predicted molar refractivity (Wildman–Crippen MR) is 107 cm³/mol. The maximum absolute atomic E-state index is 12.8. The van der Waals surface area contributed by atoms with Crippen LogP contribution in [0.5, 0.6) is 5.75 Å². The summed E-state index contributed by atoms with van der Waals surface area (Å²) in [7, 11) is 1.52. The number of carbonyl (C=O) groups excluding carboxylic acids is 1. The summed E-state index contributed by atoms with van der Waals surface area (Å²) in [4.78, 5) is 15.2. The van der Waals surface area contributed by atoms with Crippen LogP contribution < -0.4 is 10.1 Å². The number of ether oxygens (including phenoxy) is 1. The molecule has 1 saturated heterocycles. The minimum absolute atomic E-state index is 0.137. The molecule has 0 radical (unpaired) electrons. The Kier molecular flexibility index (Phi) is 6.64. The lowest BCUT2D eigenvalue weighted by Gasteiger charge is -2.31. The maximum atomic E-state index is 12.8. The highest BCUT2D eigenvalue weighted by Crippen LogP contribution is 2.29. The second kappa shape index (κ2) is 9.16. The fourth-order valence-corrected chi connectivity index (χ4v) is 3.42. The minimum Gasteiger partial charge on any atom is -0.496 e. The Labute approximate surface area is 169 Å². The third-order valence-corrected chi connectivity index (χ3v) is 5.09. The molecule has 0 atom stereocenters. The van der Waals surface area contributed by atoms with Gasteiger partial charge in [-0.3, -0.25) is 9.69 Å². The van der Waals surface area contributed by atoms with E-state index in [2.05, 4.69) is 45.7 Å². The minimum atomic E-state index is -0.190. The van der Waals surface area contributed by atoms with E-state index in [-0.39, 0.29) is 11.9 Å². The van der Waals surface area contributed by atoms with E-state index < -0.39 is 0 Å². The molecule has 1 aliphatic heterocycles. The van der Waals surface area contributed by atoms with Crippen LogP contribution in [0.4, 0.5) is 0 Å². The summed E-state index contributed by atoms with van der Waals surface area (Å²) in [5.41, 5.74) is 2.27. The molecule has 8 nitrogen and oxygen atoms in total. The summed E-state index contributed by atoms with van der Waals surface area (Å²) in [5.74, 6) is 0.234. The first-order valence-electron chi connectivity index (χ1n) is 9.25. The first kappa shape index (κ1) is 20.3. The maximum Gasteiger partial charge on any atom is 0.255 e. The molecule has 28 heavy (non-hydrogen) atoms. The Balaban J connectivity index is 1.66. The average molecular weight is 405 g/mol. The number of amides is 1. The van der Waals surface area contributed by atoms with E-state index >= 15 is 0 Å². The van der Waals surface area contributed by atoms with Crippen molar-refractivity contribution in [1.82, 2.24) is 30.4 Å². The fourth-order valence-electron chi connectivity index (χ4n) is 3.17. The normalized spacial score (nSPS) is 15.3. The van der Waals surface area contributed by atoms with E-state index in [1.54, 1.807) is 12.1 Å². The number of methoxy groups -OCH3 is 1. The summed E-state index contributed by atoms with van der Waals surface area (Å²) >= 11 is 6.35. The molecule has 0 bridgehead atoms. The van der Waals surface area contributed by atoms with Gasteiger partial charge < -0.3 is 10.1 Å². The summed E-state index contributed by atoms with van der Waals surface area (Å²) in [6.45, 7) is 7.10. The van der Waals surface area contributed by atoms with Gasteiger partial charge in [0, 0.05) is 31.7 Å². The lowest BCUT2D eigenvalue weighted by molar-refractivity contribution is 0.0911. The second-order valence-corrected chi connectivity index (χ2v) is 7.50. The van der Waals surface area contributed by atoms with Crippen molar-refractivity contribution in [3.05, 3.63) is 40.7 Å². The van der Waals surface area contributed by atoms with Gasteiger partial charge in [-0.15, -0.1) is 5.10 Å². The molecular weight excluding hydrogens is 380 g/mol. The summed E-state index contributed by atoms with van der Waals surface area (Å²) < 4.78 is 6.83. The van der Waals surface area contributed by atoms with Crippen molar-refractivity contribution in [1.29, 1.82) is 0 Å². The van der Waals surface area contributed by atoms with Crippen LogP contribution in [0.15, 0.2) is 30.1 Å². The highest BCUT2D eigenvalue weighted by molar-refractivity contribution is 6.33. The van der Waals surface area contributed by atoms with Gasteiger partial charge in [0.1, 0.15) is 12.1 Å². The number of nitrogens with one attached hydrogen (secondary N) is 1. The molecule has 1 N–H and O–H groups in total. The first-order chi connectivity index (χ1) is 13.5. The largest absolute Gasteiger partial charge is 0.496 e. The van der Waals surface area contributed by atoms with Crippen molar-refractivity contribution in [2.45, 2.75) is 32.7 Å². The van der Waals surface area contributed by atoms with Crippen LogP contribution in [0, 0.1) is 0 Å². The molecule has 2 heterocycles. The molecule has 1 amide bonds. The SMILES string of the molecule is COc1cc(-n2cnnn2)c(Cl)cc1C(=O)NC1CCN(CC=C(C)C)CC1. The number of piperidine rings is 1. The zero-order chi connectivity index (χ0) is 20.1. The number of benzene rings is 1. The number of hydrogen-bond acceptors (Lipinski definition) is 6. The molecular formula is C19H25ClN6O2. The number of halogens is 1. The molecule has 0 saturated carbocycles. The molecule has 9 heteroatoms. The van der Waals surface area contributed by atoms with Crippen LogP contribution >= 0.6 is 11.6 Å². The molecule has 0 unspecified atom stereocenters. The molecule has 1 fully saturated rings. The average Bonchev–Trinajstić information content (AvgIpc) is 3.21. The van der Waals surface area contributed by atoms with Crippen LogP contribution in [0.2, 0.25) is 5.02 Å². The Morgan fingerprint density at radius 2 is 2.11 bits per heavy atom. The number of nitrogens with zero attached hydrogens (tertiary/aromatic N) is 5. The Morgan fingerprint density at radius 3 is 2.71 bits per heavy atom. The van der Waals surface area contributed by atoms with Crippen LogP contribution in [0.25, 0.3) is 5.69 Å². The van der Waals surface area contributed by atoms with E-state index in [4.69, 9.17) is 16.3 Å². The van der Waals surface area contributed by atoms with Gasteiger partial charge in [-0.05, 0) is 43.2 Å². The van der Waals surface area contributed by atoms with Crippen molar-refractivity contribution >= 4 is 17.5 Å². The molecule has 150 valence electrons.